The van der Waals surface area contributed by atoms with E-state index in [2.05, 4.69) is 17.4 Å². The molecule has 4 aliphatic heterocycles. The molecule has 13 nitrogen and oxygen atoms in total. The molecule has 1 unspecified atom stereocenters. The smallest absolute Gasteiger partial charge is 0.260 e. The van der Waals surface area contributed by atoms with Gasteiger partial charge in [-0.15, -0.1) is 0 Å². The van der Waals surface area contributed by atoms with E-state index >= 15 is 0 Å². The van der Waals surface area contributed by atoms with Gasteiger partial charge in [-0.3, -0.25) is 14.8 Å². The van der Waals surface area contributed by atoms with Crippen LogP contribution in [0.25, 0.3) is 11.1 Å². The van der Waals surface area contributed by atoms with Crippen LogP contribution in [0.1, 0.15) is 59.0 Å². The van der Waals surface area contributed by atoms with Gasteiger partial charge in [-0.25, -0.2) is 0 Å². The van der Waals surface area contributed by atoms with Crippen molar-refractivity contribution in [3.05, 3.63) is 107 Å². The number of rotatable bonds is 16. The van der Waals surface area contributed by atoms with E-state index in [0.717, 1.165) is 46.7 Å². The van der Waals surface area contributed by atoms with Crippen LogP contribution in [-0.2, 0) is 0 Å². The zero-order valence-corrected chi connectivity index (χ0v) is 33.7. The van der Waals surface area contributed by atoms with E-state index in [4.69, 9.17) is 38.4 Å². The summed E-state index contributed by atoms with van der Waals surface area (Å²) in [6, 6.07) is 22.6. The van der Waals surface area contributed by atoms with Crippen LogP contribution < -0.4 is 33.7 Å². The van der Waals surface area contributed by atoms with E-state index in [1.54, 1.807) is 44.4 Å². The first-order chi connectivity index (χ1) is 28.9. The summed E-state index contributed by atoms with van der Waals surface area (Å²) in [5.74, 6) is 3.40. The summed E-state index contributed by atoms with van der Waals surface area (Å²) < 4.78 is 34.9. The summed E-state index contributed by atoms with van der Waals surface area (Å²) >= 11 is 0. The third kappa shape index (κ3) is 8.34. The second-order valence-electron chi connectivity index (χ2n) is 14.6. The van der Waals surface area contributed by atoms with Crippen LogP contribution in [0, 0.1) is 0 Å². The molecule has 0 spiro atoms. The molecule has 8 rings (SSSR count). The van der Waals surface area contributed by atoms with Gasteiger partial charge in [0.1, 0.15) is 11.5 Å². The normalized spacial score (nSPS) is 18.8. The quantitative estimate of drug-likeness (QED) is 0.111. The Bertz CT molecular complexity index is 2290. The SMILES string of the molecule is CNCCCOc1ccc(C2=CN3C(O)c4cc(OC)c(OCCCOc5cc6c(cc5OC)C(=O)N5C=C(c7ccc(OC)cc7)C[C@H]5C=N6)cc4N=C[C@@H]3C2)cc1. The third-order valence-corrected chi connectivity index (χ3v) is 10.9. The highest BCUT2D eigenvalue weighted by molar-refractivity contribution is 6.05. The summed E-state index contributed by atoms with van der Waals surface area (Å²) in [5, 5.41) is 14.7. The van der Waals surface area contributed by atoms with E-state index in [9.17, 15) is 9.90 Å². The number of carbonyl (C=O) groups is 1. The summed E-state index contributed by atoms with van der Waals surface area (Å²) in [6.45, 7) is 2.21. The van der Waals surface area contributed by atoms with Gasteiger partial charge in [-0.05, 0) is 85.1 Å². The summed E-state index contributed by atoms with van der Waals surface area (Å²) in [4.78, 5) is 27.0. The maximum atomic E-state index is 13.8. The monoisotopic (exact) mass is 799 g/mol. The molecule has 13 heteroatoms. The summed E-state index contributed by atoms with van der Waals surface area (Å²) in [7, 11) is 6.70. The van der Waals surface area contributed by atoms with Crippen LogP contribution in [0.15, 0.2) is 95.2 Å². The van der Waals surface area contributed by atoms with E-state index < -0.39 is 6.23 Å². The van der Waals surface area contributed by atoms with Crippen molar-refractivity contribution in [2.75, 3.05) is 54.7 Å². The van der Waals surface area contributed by atoms with E-state index in [-0.39, 0.29) is 18.0 Å². The predicted molar refractivity (Wildman–Crippen MR) is 227 cm³/mol. The fraction of sp³-hybridized carbons (Fsp3) is 0.326. The lowest BCUT2D eigenvalue weighted by Gasteiger charge is -2.27. The number of carbonyl (C=O) groups excluding carboxylic acids is 1. The molecule has 4 aliphatic rings. The predicted octanol–water partition coefficient (Wildman–Crippen LogP) is 7.34. The summed E-state index contributed by atoms with van der Waals surface area (Å²) in [5.41, 5.74) is 6.49. The number of hydrogen-bond acceptors (Lipinski definition) is 12. The maximum Gasteiger partial charge on any atom is 0.260 e. The molecule has 0 fully saturated rings. The second-order valence-corrected chi connectivity index (χ2v) is 14.6. The largest absolute Gasteiger partial charge is 0.497 e. The Hall–Kier alpha value is -6.31. The molecule has 0 aliphatic carbocycles. The van der Waals surface area contributed by atoms with Crippen LogP contribution >= 0.6 is 0 Å². The van der Waals surface area contributed by atoms with Crippen LogP contribution in [0.2, 0.25) is 0 Å². The van der Waals surface area contributed by atoms with Gasteiger partial charge in [0.25, 0.3) is 5.91 Å². The third-order valence-electron chi connectivity index (χ3n) is 10.9. The van der Waals surface area contributed by atoms with Crippen molar-refractivity contribution < 1.29 is 38.3 Å². The minimum atomic E-state index is -0.929. The molecular formula is C46H49N5O8. The molecule has 306 valence electrons. The average Bonchev–Trinajstić information content (AvgIpc) is 3.85. The molecular weight excluding hydrogens is 751 g/mol. The highest BCUT2D eigenvalue weighted by Gasteiger charge is 2.35. The van der Waals surface area contributed by atoms with Gasteiger partial charge in [0, 0.05) is 55.4 Å². The zero-order chi connectivity index (χ0) is 40.9. The number of nitrogens with one attached hydrogen (secondary N) is 1. The van der Waals surface area contributed by atoms with Gasteiger partial charge in [-0.2, -0.15) is 0 Å². The molecule has 4 aromatic carbocycles. The van der Waals surface area contributed by atoms with Crippen LogP contribution in [0.5, 0.6) is 34.5 Å². The van der Waals surface area contributed by atoms with Crippen molar-refractivity contribution in [1.29, 1.82) is 0 Å². The second kappa shape index (κ2) is 17.7. The highest BCUT2D eigenvalue weighted by Crippen LogP contribution is 2.44. The average molecular weight is 800 g/mol. The molecule has 59 heavy (non-hydrogen) atoms. The fourth-order valence-electron chi connectivity index (χ4n) is 7.72. The number of methoxy groups -OCH3 is 3. The van der Waals surface area contributed by atoms with E-state index in [1.165, 1.54) is 0 Å². The first kappa shape index (κ1) is 39.5. The minimum Gasteiger partial charge on any atom is -0.497 e. The standard InChI is InChI=1S/C46H49N5O8/c1-47-15-5-16-57-36-13-9-30(10-14-36)32-20-34-26-49-40-24-44(42(56-4)22-38(40)46(53)51(34)28-32)59-18-6-17-58-43-23-39-37(21-41(43)55-3)45(52)50-27-31(19-33(50)25-48-39)29-7-11-35(54-2)12-8-29/h7-14,21-28,33-34,46-47,53H,5-6,15-20H2,1-4H3/t33-,34-,46?/m0/s1. The van der Waals surface area contributed by atoms with Gasteiger partial charge in [0.05, 0.1) is 70.2 Å². The molecule has 1 amide bonds. The molecule has 2 N–H and O–H groups in total. The summed E-state index contributed by atoms with van der Waals surface area (Å²) in [6.07, 6.45) is 9.53. The molecule has 0 saturated heterocycles. The number of hydrogen-bond donors (Lipinski definition) is 2. The van der Waals surface area contributed by atoms with Gasteiger partial charge < -0.3 is 48.6 Å². The lowest BCUT2D eigenvalue weighted by molar-refractivity contribution is 0.0336. The number of aliphatic hydroxyl groups excluding tert-OH is 1. The number of aliphatic imine (C=N–C) groups is 2. The molecule has 4 heterocycles. The van der Waals surface area contributed by atoms with Gasteiger partial charge in [-0.1, -0.05) is 24.3 Å². The Morgan fingerprint density at radius 2 is 1.27 bits per heavy atom. The lowest BCUT2D eigenvalue weighted by atomic mass is 10.0. The zero-order valence-electron chi connectivity index (χ0n) is 33.7. The molecule has 4 aromatic rings. The van der Waals surface area contributed by atoms with Crippen LogP contribution in [-0.4, -0.2) is 100 Å². The molecule has 0 bridgehead atoms. The minimum absolute atomic E-state index is 0.113. The van der Waals surface area contributed by atoms with Crippen molar-refractivity contribution in [3.8, 4) is 34.5 Å². The topological polar surface area (TPSA) is 136 Å². The molecule has 0 saturated carbocycles. The Labute approximate surface area is 344 Å². The highest BCUT2D eigenvalue weighted by atomic mass is 16.5. The Morgan fingerprint density at radius 3 is 1.95 bits per heavy atom. The number of benzene rings is 4. The number of fused-ring (bicyclic) bond motifs is 4. The van der Waals surface area contributed by atoms with Crippen LogP contribution in [0.4, 0.5) is 11.4 Å². The van der Waals surface area contributed by atoms with Crippen molar-refractivity contribution in [3.63, 3.8) is 0 Å². The van der Waals surface area contributed by atoms with Crippen LogP contribution in [0.3, 0.4) is 0 Å². The number of ether oxygens (including phenoxy) is 6. The van der Waals surface area contributed by atoms with Crippen molar-refractivity contribution in [2.45, 2.75) is 44.0 Å². The van der Waals surface area contributed by atoms with Crippen molar-refractivity contribution in [1.82, 2.24) is 15.1 Å². The molecule has 0 radical (unpaired) electrons. The molecule has 3 atom stereocenters. The Morgan fingerprint density at radius 1 is 0.678 bits per heavy atom. The molecule has 0 aromatic heterocycles. The van der Waals surface area contributed by atoms with E-state index in [1.807, 2.05) is 79.2 Å². The van der Waals surface area contributed by atoms with E-state index in [0.29, 0.717) is 84.6 Å². The van der Waals surface area contributed by atoms with Crippen molar-refractivity contribution >= 4 is 40.9 Å². The Kier molecular flexibility index (Phi) is 11.8. The number of aliphatic hydroxyl groups is 1. The fourth-order valence-corrected chi connectivity index (χ4v) is 7.72. The van der Waals surface area contributed by atoms with Crippen molar-refractivity contribution in [2.24, 2.45) is 9.98 Å². The lowest BCUT2D eigenvalue weighted by Crippen LogP contribution is -2.32. The number of nitrogens with zero attached hydrogens (tertiary/aromatic N) is 4. The first-order valence-electron chi connectivity index (χ1n) is 19.9. The van der Waals surface area contributed by atoms with Gasteiger partial charge in [0.15, 0.2) is 29.2 Å². The van der Waals surface area contributed by atoms with Gasteiger partial charge >= 0.3 is 0 Å². The Balaban J connectivity index is 0.880. The maximum absolute atomic E-state index is 13.8. The number of amides is 1. The first-order valence-corrected chi connectivity index (χ1v) is 19.9. The van der Waals surface area contributed by atoms with Gasteiger partial charge in [0.2, 0.25) is 0 Å².